The fraction of sp³-hybridized carbons (Fsp3) is 0.333. The number of pyridine rings is 1. The van der Waals surface area contributed by atoms with Gasteiger partial charge >= 0.3 is 0 Å². The van der Waals surface area contributed by atoms with Gasteiger partial charge in [0.1, 0.15) is 11.0 Å². The van der Waals surface area contributed by atoms with Crippen molar-refractivity contribution in [2.75, 3.05) is 0 Å². The Hall–Kier alpha value is -2.19. The van der Waals surface area contributed by atoms with E-state index in [1.807, 2.05) is 36.4 Å². The van der Waals surface area contributed by atoms with Gasteiger partial charge in [0.05, 0.1) is 5.25 Å². The summed E-state index contributed by atoms with van der Waals surface area (Å²) in [6.07, 6.45) is 5.75. The van der Waals surface area contributed by atoms with Gasteiger partial charge in [0.15, 0.2) is 15.5 Å². The van der Waals surface area contributed by atoms with Crippen LogP contribution in [-0.4, -0.2) is 18.7 Å². The Kier molecular flexibility index (Phi) is 4.44. The molecule has 0 unspecified atom stereocenters. The van der Waals surface area contributed by atoms with E-state index in [2.05, 4.69) is 4.98 Å². The minimum absolute atomic E-state index is 0.00285. The third kappa shape index (κ3) is 2.99. The maximum absolute atomic E-state index is 13.2. The van der Waals surface area contributed by atoms with E-state index in [1.54, 1.807) is 6.07 Å². The van der Waals surface area contributed by atoms with E-state index in [0.717, 1.165) is 24.8 Å². The molecule has 1 fully saturated rings. The average Bonchev–Trinajstić information content (AvgIpc) is 2.62. The lowest BCUT2D eigenvalue weighted by atomic mass is 10.0. The van der Waals surface area contributed by atoms with Crippen molar-refractivity contribution in [2.24, 2.45) is 0 Å². The number of rotatable bonds is 3. The zero-order chi connectivity index (χ0) is 16.3. The largest absolute Gasteiger partial charge is 0.244 e. The van der Waals surface area contributed by atoms with Crippen molar-refractivity contribution in [1.29, 1.82) is 5.26 Å². The lowest BCUT2D eigenvalue weighted by molar-refractivity contribution is 0.483. The number of aromatic nitrogens is 1. The van der Waals surface area contributed by atoms with Gasteiger partial charge in [-0.1, -0.05) is 49.6 Å². The predicted octanol–water partition coefficient (Wildman–Crippen LogP) is 3.73. The van der Waals surface area contributed by atoms with Gasteiger partial charge in [-0.25, -0.2) is 13.4 Å². The van der Waals surface area contributed by atoms with Crippen LogP contribution in [0.5, 0.6) is 0 Å². The zero-order valence-corrected chi connectivity index (χ0v) is 13.6. The van der Waals surface area contributed by atoms with Crippen LogP contribution in [0.1, 0.15) is 37.8 Å². The Balaban J connectivity index is 2.19. The van der Waals surface area contributed by atoms with Crippen LogP contribution in [0.25, 0.3) is 11.1 Å². The van der Waals surface area contributed by atoms with E-state index >= 15 is 0 Å². The second kappa shape index (κ2) is 6.51. The summed E-state index contributed by atoms with van der Waals surface area (Å²) in [5.41, 5.74) is 1.36. The van der Waals surface area contributed by atoms with Crippen LogP contribution in [0.3, 0.4) is 0 Å². The molecule has 1 aromatic heterocycles. The van der Waals surface area contributed by atoms with Crippen molar-refractivity contribution in [3.8, 4) is 17.2 Å². The molecule has 1 aromatic carbocycles. The van der Waals surface area contributed by atoms with Crippen molar-refractivity contribution in [3.63, 3.8) is 0 Å². The van der Waals surface area contributed by atoms with Gasteiger partial charge in [0, 0.05) is 11.8 Å². The molecular formula is C18H18N2O2S. The number of benzene rings is 1. The first-order chi connectivity index (χ1) is 11.1. The minimum atomic E-state index is -3.57. The van der Waals surface area contributed by atoms with Gasteiger partial charge < -0.3 is 0 Å². The first kappa shape index (κ1) is 15.7. The molecule has 1 saturated carbocycles. The van der Waals surface area contributed by atoms with E-state index in [0.29, 0.717) is 18.4 Å². The number of sulfone groups is 1. The summed E-state index contributed by atoms with van der Waals surface area (Å²) in [5, 5.41) is 8.97. The van der Waals surface area contributed by atoms with E-state index < -0.39 is 15.1 Å². The van der Waals surface area contributed by atoms with Crippen molar-refractivity contribution < 1.29 is 8.42 Å². The van der Waals surface area contributed by atoms with Gasteiger partial charge in [-0.05, 0) is 24.5 Å². The summed E-state index contributed by atoms with van der Waals surface area (Å²) in [6.45, 7) is 0. The quantitative estimate of drug-likeness (QED) is 0.861. The summed E-state index contributed by atoms with van der Waals surface area (Å²) in [5.74, 6) is 0. The summed E-state index contributed by atoms with van der Waals surface area (Å²) in [4.78, 5) is 4.10. The van der Waals surface area contributed by atoms with Crippen LogP contribution in [-0.2, 0) is 9.84 Å². The number of hydrogen-bond acceptors (Lipinski definition) is 4. The van der Waals surface area contributed by atoms with Crippen LogP contribution in [0.2, 0.25) is 0 Å². The summed E-state index contributed by atoms with van der Waals surface area (Å²) in [6, 6.07) is 13.0. The third-order valence-corrected chi connectivity index (χ3v) is 6.70. The molecule has 1 heterocycles. The van der Waals surface area contributed by atoms with Crippen molar-refractivity contribution >= 4 is 9.84 Å². The Morgan fingerprint density at radius 3 is 2.39 bits per heavy atom. The molecule has 118 valence electrons. The first-order valence-corrected chi connectivity index (χ1v) is 9.37. The maximum atomic E-state index is 13.2. The number of hydrogen-bond donors (Lipinski definition) is 0. The topological polar surface area (TPSA) is 70.8 Å². The molecule has 5 heteroatoms. The molecule has 0 aliphatic heterocycles. The molecule has 23 heavy (non-hydrogen) atoms. The van der Waals surface area contributed by atoms with Crippen molar-refractivity contribution in [3.05, 3.63) is 48.3 Å². The van der Waals surface area contributed by atoms with E-state index in [1.165, 1.54) is 6.20 Å². The average molecular weight is 326 g/mol. The van der Waals surface area contributed by atoms with Gasteiger partial charge in [-0.2, -0.15) is 5.26 Å². The summed E-state index contributed by atoms with van der Waals surface area (Å²) in [7, 11) is -3.57. The van der Waals surface area contributed by atoms with Gasteiger partial charge in [0.25, 0.3) is 0 Å². The Bertz CT molecular complexity index is 833. The van der Waals surface area contributed by atoms with Crippen LogP contribution < -0.4 is 0 Å². The Labute approximate surface area is 136 Å². The second-order valence-electron chi connectivity index (χ2n) is 5.82. The van der Waals surface area contributed by atoms with Crippen LogP contribution in [0, 0.1) is 11.3 Å². The monoisotopic (exact) mass is 326 g/mol. The van der Waals surface area contributed by atoms with E-state index in [4.69, 9.17) is 0 Å². The Morgan fingerprint density at radius 2 is 1.74 bits per heavy atom. The molecule has 0 saturated heterocycles. The molecule has 0 spiro atoms. The van der Waals surface area contributed by atoms with Crippen molar-refractivity contribution in [2.45, 2.75) is 42.2 Å². The fourth-order valence-corrected chi connectivity index (χ4v) is 5.35. The molecule has 4 nitrogen and oxygen atoms in total. The highest BCUT2D eigenvalue weighted by Crippen LogP contribution is 2.35. The lowest BCUT2D eigenvalue weighted by Crippen LogP contribution is -2.25. The highest BCUT2D eigenvalue weighted by molar-refractivity contribution is 7.92. The molecule has 0 amide bonds. The molecule has 1 aliphatic carbocycles. The molecule has 0 bridgehead atoms. The predicted molar refractivity (Wildman–Crippen MR) is 88.4 cm³/mol. The standard InChI is InChI=1S/C18H18N2O2S/c19-13-17-18(23(21,22)15-9-5-2-6-10-15)16(11-12-20-17)14-7-3-1-4-8-14/h1,3-4,7-8,11-12,15H,2,5-6,9-10H2. The van der Waals surface area contributed by atoms with Crippen LogP contribution in [0.15, 0.2) is 47.5 Å². The first-order valence-electron chi connectivity index (χ1n) is 7.83. The maximum Gasteiger partial charge on any atom is 0.184 e. The van der Waals surface area contributed by atoms with Crippen molar-refractivity contribution in [1.82, 2.24) is 4.98 Å². The normalized spacial score (nSPS) is 16.0. The molecule has 0 atom stereocenters. The number of nitriles is 1. The Morgan fingerprint density at radius 1 is 1.04 bits per heavy atom. The fourth-order valence-electron chi connectivity index (χ4n) is 3.20. The van der Waals surface area contributed by atoms with E-state index in [-0.39, 0.29) is 10.6 Å². The molecule has 2 aromatic rings. The molecule has 1 aliphatic rings. The highest BCUT2D eigenvalue weighted by Gasteiger charge is 2.33. The SMILES string of the molecule is N#Cc1nccc(-c2ccccc2)c1S(=O)(=O)C1CCCCC1. The number of nitrogens with zero attached hydrogens (tertiary/aromatic N) is 2. The van der Waals surface area contributed by atoms with Gasteiger partial charge in [0.2, 0.25) is 0 Å². The van der Waals surface area contributed by atoms with Gasteiger partial charge in [-0.3, -0.25) is 0 Å². The van der Waals surface area contributed by atoms with Crippen LogP contribution >= 0.6 is 0 Å². The van der Waals surface area contributed by atoms with Gasteiger partial charge in [-0.15, -0.1) is 0 Å². The summed E-state index contributed by atoms with van der Waals surface area (Å²) < 4.78 is 26.3. The zero-order valence-electron chi connectivity index (χ0n) is 12.8. The second-order valence-corrected chi connectivity index (χ2v) is 7.98. The molecular weight excluding hydrogens is 308 g/mol. The third-order valence-electron chi connectivity index (χ3n) is 4.37. The van der Waals surface area contributed by atoms with Crippen LogP contribution in [0.4, 0.5) is 0 Å². The minimum Gasteiger partial charge on any atom is -0.244 e. The summed E-state index contributed by atoms with van der Waals surface area (Å²) >= 11 is 0. The smallest absolute Gasteiger partial charge is 0.184 e. The van der Waals surface area contributed by atoms with E-state index in [9.17, 15) is 13.7 Å². The lowest BCUT2D eigenvalue weighted by Gasteiger charge is -2.23. The molecule has 0 radical (unpaired) electrons. The highest BCUT2D eigenvalue weighted by atomic mass is 32.2. The molecule has 3 rings (SSSR count). The molecule has 0 N–H and O–H groups in total.